The zero-order valence-corrected chi connectivity index (χ0v) is 14.8. The molecular formula is C22H21NO3. The molecule has 1 aliphatic rings. The lowest BCUT2D eigenvalue weighted by molar-refractivity contribution is -0.144. The van der Waals surface area contributed by atoms with Crippen LogP contribution in [-0.4, -0.2) is 22.9 Å². The van der Waals surface area contributed by atoms with E-state index in [1.807, 2.05) is 54.6 Å². The first-order chi connectivity index (χ1) is 12.7. The minimum atomic E-state index is -0.251. The van der Waals surface area contributed by atoms with Crippen molar-refractivity contribution in [2.75, 3.05) is 6.61 Å². The Morgan fingerprint density at radius 3 is 2.42 bits per heavy atom. The Kier molecular flexibility index (Phi) is 4.33. The van der Waals surface area contributed by atoms with E-state index in [0.29, 0.717) is 5.56 Å². The van der Waals surface area contributed by atoms with Gasteiger partial charge in [0.25, 0.3) is 0 Å². The number of para-hydroxylation sites is 1. The molecule has 0 bridgehead atoms. The fraction of sp³-hybridized carbons (Fsp3) is 0.273. The van der Waals surface area contributed by atoms with Crippen molar-refractivity contribution in [1.82, 2.24) is 4.57 Å². The minimum absolute atomic E-state index is 0.00613. The number of carbonyl (C=O) groups excluding carboxylic acids is 2. The molecule has 26 heavy (non-hydrogen) atoms. The maximum absolute atomic E-state index is 13.0. The van der Waals surface area contributed by atoms with Crippen molar-refractivity contribution >= 4 is 22.7 Å². The number of hydrogen-bond donors (Lipinski definition) is 0. The average molecular weight is 347 g/mol. The van der Waals surface area contributed by atoms with Gasteiger partial charge < -0.3 is 9.30 Å². The van der Waals surface area contributed by atoms with Crippen molar-refractivity contribution < 1.29 is 14.3 Å². The van der Waals surface area contributed by atoms with Crippen LogP contribution in [0.15, 0.2) is 54.6 Å². The highest BCUT2D eigenvalue weighted by Crippen LogP contribution is 2.35. The number of ether oxygens (including phenoxy) is 1. The van der Waals surface area contributed by atoms with E-state index in [2.05, 4.69) is 11.5 Å². The van der Waals surface area contributed by atoms with Gasteiger partial charge in [-0.1, -0.05) is 48.5 Å². The summed E-state index contributed by atoms with van der Waals surface area (Å²) in [5.74, 6) is -0.409. The van der Waals surface area contributed by atoms with Crippen molar-refractivity contribution in [2.45, 2.75) is 26.3 Å². The molecule has 1 fully saturated rings. The summed E-state index contributed by atoms with van der Waals surface area (Å²) in [6.45, 7) is 2.62. The molecule has 3 aromatic rings. The smallest absolute Gasteiger partial charge is 0.309 e. The molecule has 2 aromatic carbocycles. The molecule has 0 radical (unpaired) electrons. The quantitative estimate of drug-likeness (QED) is 0.488. The molecule has 0 amide bonds. The number of rotatable bonds is 6. The number of hydrogen-bond acceptors (Lipinski definition) is 3. The molecule has 4 rings (SSSR count). The van der Waals surface area contributed by atoms with Crippen LogP contribution in [0.1, 0.15) is 30.1 Å². The topological polar surface area (TPSA) is 48.3 Å². The van der Waals surface area contributed by atoms with Crippen LogP contribution in [-0.2, 0) is 16.1 Å². The molecule has 1 saturated carbocycles. The van der Waals surface area contributed by atoms with E-state index in [-0.39, 0.29) is 24.3 Å². The van der Waals surface area contributed by atoms with Crippen LogP contribution in [0.2, 0.25) is 0 Å². The van der Waals surface area contributed by atoms with Crippen LogP contribution < -0.4 is 0 Å². The van der Waals surface area contributed by atoms with Gasteiger partial charge in [-0.2, -0.15) is 0 Å². The van der Waals surface area contributed by atoms with E-state index >= 15 is 0 Å². The van der Waals surface area contributed by atoms with Crippen molar-refractivity contribution in [3.05, 3.63) is 60.2 Å². The lowest BCUT2D eigenvalue weighted by atomic mass is 10.0. The number of aryl methyl sites for hydroxylation is 1. The van der Waals surface area contributed by atoms with Gasteiger partial charge in [0.15, 0.2) is 6.61 Å². The van der Waals surface area contributed by atoms with E-state index in [1.165, 1.54) is 0 Å². The lowest BCUT2D eigenvalue weighted by Gasteiger charge is -2.10. The highest BCUT2D eigenvalue weighted by atomic mass is 16.5. The third kappa shape index (κ3) is 2.92. The van der Waals surface area contributed by atoms with Crippen LogP contribution in [0, 0.1) is 5.92 Å². The van der Waals surface area contributed by atoms with E-state index in [9.17, 15) is 9.59 Å². The molecule has 4 heteroatoms. The van der Waals surface area contributed by atoms with Gasteiger partial charge >= 0.3 is 5.97 Å². The molecule has 4 nitrogen and oxygen atoms in total. The lowest BCUT2D eigenvalue weighted by Crippen LogP contribution is -2.16. The summed E-state index contributed by atoms with van der Waals surface area (Å²) in [4.78, 5) is 24.9. The van der Waals surface area contributed by atoms with Gasteiger partial charge in [0.1, 0.15) is 0 Å². The molecule has 132 valence electrons. The van der Waals surface area contributed by atoms with E-state index in [4.69, 9.17) is 4.74 Å². The van der Waals surface area contributed by atoms with Crippen molar-refractivity contribution in [3.8, 4) is 11.3 Å². The Labute approximate surface area is 152 Å². The van der Waals surface area contributed by atoms with E-state index in [1.54, 1.807) is 0 Å². The highest BCUT2D eigenvalue weighted by molar-refractivity contribution is 6.14. The first-order valence-corrected chi connectivity index (χ1v) is 9.07. The number of Topliss-reactive ketones (excluding diaryl/α,β-unsaturated/α-hetero) is 1. The summed E-state index contributed by atoms with van der Waals surface area (Å²) < 4.78 is 7.42. The van der Waals surface area contributed by atoms with E-state index < -0.39 is 0 Å². The summed E-state index contributed by atoms with van der Waals surface area (Å²) >= 11 is 0. The number of carbonyl (C=O) groups is 2. The zero-order valence-electron chi connectivity index (χ0n) is 14.8. The Bertz CT molecular complexity index is 968. The third-order valence-electron chi connectivity index (χ3n) is 4.87. The number of ketones is 1. The Hall–Kier alpha value is -2.88. The maximum atomic E-state index is 13.0. The van der Waals surface area contributed by atoms with Crippen LogP contribution in [0.25, 0.3) is 22.2 Å². The van der Waals surface area contributed by atoms with Crippen molar-refractivity contribution in [3.63, 3.8) is 0 Å². The summed E-state index contributed by atoms with van der Waals surface area (Å²) in [7, 11) is 0. The third-order valence-corrected chi connectivity index (χ3v) is 4.87. The highest BCUT2D eigenvalue weighted by Gasteiger charge is 2.32. The van der Waals surface area contributed by atoms with Crippen LogP contribution in [0.4, 0.5) is 0 Å². The number of nitrogens with zero attached hydrogens (tertiary/aromatic N) is 1. The Morgan fingerprint density at radius 1 is 1.04 bits per heavy atom. The standard InChI is InChI=1S/C22H21NO3/c1-2-23-18-11-7-6-10-17(18)20(21(23)15-8-4-3-5-9-15)19(24)14-26-22(25)16-12-13-16/h3-11,16H,2,12-14H2,1H3. The van der Waals surface area contributed by atoms with Gasteiger partial charge in [0.05, 0.1) is 17.2 Å². The van der Waals surface area contributed by atoms with Crippen LogP contribution in [0.5, 0.6) is 0 Å². The molecule has 1 aliphatic carbocycles. The summed E-state index contributed by atoms with van der Waals surface area (Å²) in [6, 6.07) is 17.8. The van der Waals surface area contributed by atoms with Crippen molar-refractivity contribution in [1.29, 1.82) is 0 Å². The molecule has 0 unspecified atom stereocenters. The second kappa shape index (κ2) is 6.79. The van der Waals surface area contributed by atoms with Gasteiger partial charge in [-0.3, -0.25) is 9.59 Å². The normalized spacial score (nSPS) is 13.7. The van der Waals surface area contributed by atoms with Gasteiger partial charge in [-0.25, -0.2) is 0 Å². The largest absolute Gasteiger partial charge is 0.457 e. The first-order valence-electron chi connectivity index (χ1n) is 9.07. The van der Waals surface area contributed by atoms with Gasteiger partial charge in [-0.05, 0) is 31.4 Å². The average Bonchev–Trinajstić information content (AvgIpc) is 3.48. The monoisotopic (exact) mass is 347 g/mol. The number of esters is 1. The molecule has 0 aliphatic heterocycles. The number of benzene rings is 2. The molecule has 0 saturated heterocycles. The van der Waals surface area contributed by atoms with Crippen LogP contribution in [0.3, 0.4) is 0 Å². The molecule has 0 N–H and O–H groups in total. The Balaban J connectivity index is 1.81. The number of aromatic nitrogens is 1. The second-order valence-electron chi connectivity index (χ2n) is 6.66. The molecular weight excluding hydrogens is 326 g/mol. The first kappa shape index (κ1) is 16.6. The van der Waals surface area contributed by atoms with Gasteiger partial charge in [-0.15, -0.1) is 0 Å². The summed E-state index contributed by atoms with van der Waals surface area (Å²) in [5.41, 5.74) is 3.53. The van der Waals surface area contributed by atoms with Crippen molar-refractivity contribution in [2.24, 2.45) is 5.92 Å². The molecule has 1 heterocycles. The van der Waals surface area contributed by atoms with Crippen LogP contribution >= 0.6 is 0 Å². The fourth-order valence-corrected chi connectivity index (χ4v) is 3.46. The molecule has 0 spiro atoms. The SMILES string of the molecule is CCn1c(-c2ccccc2)c(C(=O)COC(=O)C2CC2)c2ccccc21. The predicted octanol–water partition coefficient (Wildman–Crippen LogP) is 4.46. The number of fused-ring (bicyclic) bond motifs is 1. The van der Waals surface area contributed by atoms with E-state index in [0.717, 1.165) is 41.5 Å². The summed E-state index contributed by atoms with van der Waals surface area (Å²) in [5, 5.41) is 0.903. The zero-order chi connectivity index (χ0) is 18.1. The minimum Gasteiger partial charge on any atom is -0.457 e. The second-order valence-corrected chi connectivity index (χ2v) is 6.66. The molecule has 0 atom stereocenters. The van der Waals surface area contributed by atoms with Gasteiger partial charge in [0, 0.05) is 17.4 Å². The Morgan fingerprint density at radius 2 is 1.73 bits per heavy atom. The predicted molar refractivity (Wildman–Crippen MR) is 101 cm³/mol. The molecule has 1 aromatic heterocycles. The van der Waals surface area contributed by atoms with Gasteiger partial charge in [0.2, 0.25) is 5.78 Å². The fourth-order valence-electron chi connectivity index (χ4n) is 3.46. The maximum Gasteiger partial charge on any atom is 0.309 e. The summed E-state index contributed by atoms with van der Waals surface area (Å²) in [6.07, 6.45) is 1.74.